The van der Waals surface area contributed by atoms with Crippen molar-refractivity contribution in [2.45, 2.75) is 30.8 Å². The Kier molecular flexibility index (Phi) is 3.67. The van der Waals surface area contributed by atoms with Crippen molar-refractivity contribution in [3.8, 4) is 0 Å². The lowest BCUT2D eigenvalue weighted by atomic mass is 9.75. The zero-order valence-corrected chi connectivity index (χ0v) is 12.6. The molecular weight excluding hydrogens is 286 g/mol. The van der Waals surface area contributed by atoms with Crippen LogP contribution in [0.1, 0.15) is 24.3 Å². The molecule has 4 saturated heterocycles. The first-order chi connectivity index (χ1) is 10.7. The molecule has 4 fully saturated rings. The Bertz CT molecular complexity index is 560. The Hall–Kier alpha value is -1.04. The minimum absolute atomic E-state index is 0.00431. The third-order valence-corrected chi connectivity index (χ3v) is 5.86. The molecule has 0 saturated carbocycles. The van der Waals surface area contributed by atoms with Crippen molar-refractivity contribution >= 4 is 0 Å². The summed E-state index contributed by atoms with van der Waals surface area (Å²) in [5, 5.41) is 9.35. The Balaban J connectivity index is 1.72. The highest BCUT2D eigenvalue weighted by atomic mass is 19.2. The molecule has 4 aliphatic heterocycles. The Labute approximate surface area is 129 Å². The van der Waals surface area contributed by atoms with E-state index in [-0.39, 0.29) is 18.6 Å². The van der Waals surface area contributed by atoms with Gasteiger partial charge in [0.15, 0.2) is 11.6 Å². The number of nitrogens with zero attached hydrogens (tertiary/aromatic N) is 2. The standard InChI is InChI=1S/C17H22F2N2O/c18-14-3-1-2-12(15(14)19)13-10-21(8-9-22)16-11-4-6-20(7-5-11)17(13)16/h1-3,11,13,16-17,22H,4-10H2/t13-,16+,17+/m0/s1. The second kappa shape index (κ2) is 5.55. The first-order valence-electron chi connectivity index (χ1n) is 8.23. The third-order valence-electron chi connectivity index (χ3n) is 5.86. The second-order valence-corrected chi connectivity index (χ2v) is 6.82. The SMILES string of the molecule is OCCN1C[C@@H](c2cccc(F)c2F)[C@@H]2[C@H]1C1CCN2CC1. The zero-order chi connectivity index (χ0) is 15.3. The molecular formula is C17H22F2N2O. The average Bonchev–Trinajstić information content (AvgIpc) is 2.93. The summed E-state index contributed by atoms with van der Waals surface area (Å²) in [6.45, 7) is 3.58. The van der Waals surface area contributed by atoms with Gasteiger partial charge >= 0.3 is 0 Å². The monoisotopic (exact) mass is 308 g/mol. The summed E-state index contributed by atoms with van der Waals surface area (Å²) in [6.07, 6.45) is 2.36. The highest BCUT2D eigenvalue weighted by Crippen LogP contribution is 2.46. The molecule has 0 aromatic heterocycles. The molecule has 1 N–H and O–H groups in total. The second-order valence-electron chi connectivity index (χ2n) is 6.82. The van der Waals surface area contributed by atoms with Crippen LogP contribution in [-0.4, -0.2) is 59.8 Å². The van der Waals surface area contributed by atoms with Gasteiger partial charge in [-0.3, -0.25) is 9.80 Å². The van der Waals surface area contributed by atoms with Crippen molar-refractivity contribution in [3.63, 3.8) is 0 Å². The molecule has 5 rings (SSSR count). The summed E-state index contributed by atoms with van der Waals surface area (Å²) in [4.78, 5) is 4.76. The molecule has 4 aliphatic rings. The van der Waals surface area contributed by atoms with Gasteiger partial charge in [-0.1, -0.05) is 12.1 Å². The van der Waals surface area contributed by atoms with Crippen LogP contribution < -0.4 is 0 Å². The van der Waals surface area contributed by atoms with Gasteiger partial charge in [0, 0.05) is 31.1 Å². The van der Waals surface area contributed by atoms with Crippen LogP contribution in [-0.2, 0) is 0 Å². The van der Waals surface area contributed by atoms with Crippen molar-refractivity contribution in [2.75, 3.05) is 32.8 Å². The van der Waals surface area contributed by atoms with Gasteiger partial charge in [-0.15, -0.1) is 0 Å². The molecule has 0 aliphatic carbocycles. The van der Waals surface area contributed by atoms with E-state index >= 15 is 0 Å². The number of β-amino-alcohol motifs (C(OH)–C–C–N with tert-alkyl or cyclic N) is 1. The summed E-state index contributed by atoms with van der Waals surface area (Å²) >= 11 is 0. The van der Waals surface area contributed by atoms with Crippen LogP contribution in [0.4, 0.5) is 8.78 Å². The van der Waals surface area contributed by atoms with Gasteiger partial charge in [-0.25, -0.2) is 8.78 Å². The summed E-state index contributed by atoms with van der Waals surface area (Å²) in [5.74, 6) is -0.830. The van der Waals surface area contributed by atoms with Gasteiger partial charge in [0.2, 0.25) is 0 Å². The molecule has 0 spiro atoms. The van der Waals surface area contributed by atoms with E-state index in [9.17, 15) is 13.9 Å². The Morgan fingerprint density at radius 2 is 1.91 bits per heavy atom. The number of piperidine rings is 3. The maximum Gasteiger partial charge on any atom is 0.162 e. The lowest BCUT2D eigenvalue weighted by Gasteiger charge is -2.51. The number of halogens is 2. The van der Waals surface area contributed by atoms with E-state index in [4.69, 9.17) is 0 Å². The number of aliphatic hydroxyl groups excluding tert-OH is 1. The molecule has 0 amide bonds. The minimum Gasteiger partial charge on any atom is -0.395 e. The largest absolute Gasteiger partial charge is 0.395 e. The van der Waals surface area contributed by atoms with Crippen molar-refractivity contribution in [2.24, 2.45) is 5.92 Å². The first kappa shape index (κ1) is 14.5. The van der Waals surface area contributed by atoms with Crippen LogP contribution in [0, 0.1) is 17.6 Å². The maximum absolute atomic E-state index is 14.3. The first-order valence-corrected chi connectivity index (χ1v) is 8.23. The van der Waals surface area contributed by atoms with Crippen molar-refractivity contribution < 1.29 is 13.9 Å². The lowest BCUT2D eigenvalue weighted by Crippen LogP contribution is -2.60. The van der Waals surface area contributed by atoms with Gasteiger partial charge in [0.1, 0.15) is 0 Å². The highest BCUT2D eigenvalue weighted by molar-refractivity contribution is 5.29. The van der Waals surface area contributed by atoms with E-state index in [1.807, 2.05) is 0 Å². The van der Waals surface area contributed by atoms with Crippen LogP contribution in [0.25, 0.3) is 0 Å². The molecule has 0 unspecified atom stereocenters. The third kappa shape index (κ3) is 2.10. The van der Waals surface area contributed by atoms with Gasteiger partial charge in [-0.05, 0) is 43.5 Å². The number of likely N-dealkylation sites (tertiary alicyclic amines) is 1. The lowest BCUT2D eigenvalue weighted by molar-refractivity contribution is -0.00999. The summed E-state index contributed by atoms with van der Waals surface area (Å²) in [6, 6.07) is 5.15. The molecule has 4 heterocycles. The van der Waals surface area contributed by atoms with Crippen LogP contribution >= 0.6 is 0 Å². The average molecular weight is 308 g/mol. The highest BCUT2D eigenvalue weighted by Gasteiger charge is 2.53. The van der Waals surface area contributed by atoms with E-state index in [0.717, 1.165) is 13.1 Å². The molecule has 22 heavy (non-hydrogen) atoms. The van der Waals surface area contributed by atoms with Crippen LogP contribution in [0.2, 0.25) is 0 Å². The van der Waals surface area contributed by atoms with Crippen molar-refractivity contribution in [1.29, 1.82) is 0 Å². The van der Waals surface area contributed by atoms with Crippen molar-refractivity contribution in [1.82, 2.24) is 9.80 Å². The normalized spacial score (nSPS) is 37.5. The Morgan fingerprint density at radius 3 is 2.64 bits per heavy atom. The number of aliphatic hydroxyl groups is 1. The van der Waals surface area contributed by atoms with Crippen LogP contribution in [0.15, 0.2) is 18.2 Å². The fourth-order valence-electron chi connectivity index (χ4n) is 5.00. The predicted octanol–water partition coefficient (Wildman–Crippen LogP) is 1.82. The quantitative estimate of drug-likeness (QED) is 0.923. The molecule has 5 heteroatoms. The molecule has 3 atom stereocenters. The number of fused-ring (bicyclic) bond motifs is 2. The molecule has 1 aromatic rings. The van der Waals surface area contributed by atoms with Gasteiger partial charge < -0.3 is 5.11 Å². The summed E-state index contributed by atoms with van der Waals surface area (Å²) < 4.78 is 28.0. The van der Waals surface area contributed by atoms with E-state index in [0.29, 0.717) is 30.6 Å². The summed E-state index contributed by atoms with van der Waals surface area (Å²) in [5.41, 5.74) is 0.503. The maximum atomic E-state index is 14.3. The number of rotatable bonds is 3. The zero-order valence-electron chi connectivity index (χ0n) is 12.6. The van der Waals surface area contributed by atoms with Gasteiger partial charge in [-0.2, -0.15) is 0 Å². The number of hydrogen-bond donors (Lipinski definition) is 1. The fraction of sp³-hybridized carbons (Fsp3) is 0.647. The molecule has 0 radical (unpaired) electrons. The summed E-state index contributed by atoms with van der Waals surface area (Å²) in [7, 11) is 0. The van der Waals surface area contributed by atoms with E-state index < -0.39 is 11.6 Å². The van der Waals surface area contributed by atoms with Gasteiger partial charge in [0.25, 0.3) is 0 Å². The molecule has 120 valence electrons. The van der Waals surface area contributed by atoms with Crippen molar-refractivity contribution in [3.05, 3.63) is 35.4 Å². The fourth-order valence-corrected chi connectivity index (χ4v) is 5.00. The van der Waals surface area contributed by atoms with E-state index in [2.05, 4.69) is 9.80 Å². The predicted molar refractivity (Wildman–Crippen MR) is 79.6 cm³/mol. The van der Waals surface area contributed by atoms with E-state index in [1.54, 1.807) is 12.1 Å². The topological polar surface area (TPSA) is 26.7 Å². The number of benzene rings is 1. The molecule has 3 nitrogen and oxygen atoms in total. The molecule has 2 bridgehead atoms. The Morgan fingerprint density at radius 1 is 1.14 bits per heavy atom. The van der Waals surface area contributed by atoms with E-state index in [1.165, 1.54) is 18.9 Å². The smallest absolute Gasteiger partial charge is 0.162 e. The molecule has 1 aromatic carbocycles. The minimum atomic E-state index is -0.759. The number of hydrogen-bond acceptors (Lipinski definition) is 3. The van der Waals surface area contributed by atoms with Crippen LogP contribution in [0.3, 0.4) is 0 Å². The van der Waals surface area contributed by atoms with Crippen LogP contribution in [0.5, 0.6) is 0 Å². The van der Waals surface area contributed by atoms with Gasteiger partial charge in [0.05, 0.1) is 6.61 Å².